The van der Waals surface area contributed by atoms with E-state index < -0.39 is 24.0 Å². The molecular weight excluding hydrogens is 528 g/mol. The average Bonchev–Trinajstić information content (AvgIpc) is 3.39. The lowest BCUT2D eigenvalue weighted by molar-refractivity contribution is -0.126. The van der Waals surface area contributed by atoms with Crippen molar-refractivity contribution in [1.29, 1.82) is 0 Å². The van der Waals surface area contributed by atoms with Crippen LogP contribution >= 0.6 is 15.9 Å². The van der Waals surface area contributed by atoms with Gasteiger partial charge < -0.3 is 14.6 Å². The molecule has 2 amide bonds. The number of carbonyl (C=O) groups is 2. The third-order valence-electron chi connectivity index (χ3n) is 6.22. The second-order valence-electron chi connectivity index (χ2n) is 8.35. The summed E-state index contributed by atoms with van der Waals surface area (Å²) in [7, 11) is 0. The van der Waals surface area contributed by atoms with E-state index in [4.69, 9.17) is 14.3 Å². The molecule has 2 heterocycles. The van der Waals surface area contributed by atoms with Crippen LogP contribution in [0.2, 0.25) is 0 Å². The summed E-state index contributed by atoms with van der Waals surface area (Å²) in [5.41, 5.74) is 1.74. The normalized spacial score (nSPS) is 21.1. The summed E-state index contributed by atoms with van der Waals surface area (Å²) in [5.74, 6) is -0.995. The number of imide groups is 1. The Morgan fingerprint density at radius 2 is 1.58 bits per heavy atom. The summed E-state index contributed by atoms with van der Waals surface area (Å²) < 4.78 is 11.7. The van der Waals surface area contributed by atoms with Gasteiger partial charge in [-0.25, -0.2) is 9.96 Å². The Balaban J connectivity index is 1.62. The fourth-order valence-electron chi connectivity index (χ4n) is 4.74. The van der Waals surface area contributed by atoms with Crippen molar-refractivity contribution in [2.24, 2.45) is 5.92 Å². The Labute approximate surface area is 217 Å². The van der Waals surface area contributed by atoms with Crippen molar-refractivity contribution in [3.63, 3.8) is 0 Å². The first-order valence-electron chi connectivity index (χ1n) is 11.7. The van der Waals surface area contributed by atoms with Crippen LogP contribution < -0.4 is 19.4 Å². The molecule has 0 radical (unpaired) electrons. The summed E-state index contributed by atoms with van der Waals surface area (Å²) in [4.78, 5) is 34.9. The number of halogens is 1. The molecule has 5 rings (SSSR count). The monoisotopic (exact) mass is 552 g/mol. The van der Waals surface area contributed by atoms with E-state index >= 15 is 0 Å². The van der Waals surface area contributed by atoms with Crippen LogP contribution in [0.4, 0.5) is 11.4 Å². The zero-order valence-electron chi connectivity index (χ0n) is 19.8. The number of hydroxylamine groups is 1. The van der Waals surface area contributed by atoms with Gasteiger partial charge in [0.2, 0.25) is 5.91 Å². The van der Waals surface area contributed by atoms with Crippen LogP contribution in [-0.4, -0.2) is 36.2 Å². The minimum absolute atomic E-state index is 0.0385. The third-order valence-corrected chi connectivity index (χ3v) is 6.83. The molecule has 9 heteroatoms. The van der Waals surface area contributed by atoms with Crippen molar-refractivity contribution in [1.82, 2.24) is 0 Å². The SMILES string of the molecule is CCOc1ccccc1N1C(=O)[C@H]2[C@@H](c3cc(Br)c(O)c(OCC)c3)N(c3ccccc3)O[C@H]2C1=O. The summed E-state index contributed by atoms with van der Waals surface area (Å²) >= 11 is 3.40. The largest absolute Gasteiger partial charge is 0.503 e. The van der Waals surface area contributed by atoms with Gasteiger partial charge in [0, 0.05) is 0 Å². The molecule has 2 saturated heterocycles. The van der Waals surface area contributed by atoms with E-state index in [0.29, 0.717) is 40.4 Å². The van der Waals surface area contributed by atoms with Crippen LogP contribution in [0.1, 0.15) is 25.5 Å². The highest BCUT2D eigenvalue weighted by Crippen LogP contribution is 2.50. The molecule has 186 valence electrons. The van der Waals surface area contributed by atoms with E-state index in [9.17, 15) is 14.7 Å². The Morgan fingerprint density at radius 1 is 0.917 bits per heavy atom. The summed E-state index contributed by atoms with van der Waals surface area (Å²) in [5, 5.41) is 12.1. The van der Waals surface area contributed by atoms with Crippen LogP contribution in [0.25, 0.3) is 0 Å². The quantitative estimate of drug-likeness (QED) is 0.412. The molecule has 3 aromatic rings. The predicted octanol–water partition coefficient (Wildman–Crippen LogP) is 5.00. The number of amides is 2. The van der Waals surface area contributed by atoms with Crippen LogP contribution in [0, 0.1) is 5.92 Å². The second-order valence-corrected chi connectivity index (χ2v) is 9.21. The van der Waals surface area contributed by atoms with E-state index in [0.717, 1.165) is 4.90 Å². The maximum absolute atomic E-state index is 13.9. The molecule has 0 spiro atoms. The first-order chi connectivity index (χ1) is 17.5. The molecule has 0 bridgehead atoms. The van der Waals surface area contributed by atoms with Gasteiger partial charge in [-0.2, -0.15) is 0 Å². The van der Waals surface area contributed by atoms with Crippen molar-refractivity contribution in [2.45, 2.75) is 26.0 Å². The third kappa shape index (κ3) is 3.98. The first kappa shape index (κ1) is 24.1. The summed E-state index contributed by atoms with van der Waals surface area (Å²) in [6.45, 7) is 4.40. The van der Waals surface area contributed by atoms with Crippen LogP contribution in [0.3, 0.4) is 0 Å². The van der Waals surface area contributed by atoms with Crippen LogP contribution in [-0.2, 0) is 14.4 Å². The van der Waals surface area contributed by atoms with Crippen molar-refractivity contribution >= 4 is 39.1 Å². The topological polar surface area (TPSA) is 88.5 Å². The van der Waals surface area contributed by atoms with Crippen LogP contribution in [0.15, 0.2) is 71.2 Å². The Morgan fingerprint density at radius 3 is 2.31 bits per heavy atom. The maximum Gasteiger partial charge on any atom is 0.266 e. The molecule has 2 fully saturated rings. The standard InChI is InChI=1S/C27H25BrN2O6/c1-3-34-20-13-9-8-12-19(20)29-26(32)22-23(16-14-18(28)24(31)21(15-16)35-4-2)30(36-25(22)27(29)33)17-10-6-5-7-11-17/h5-15,22-23,25,31H,3-4H2,1-2H3/t22-,23+,25+/m0/s1. The summed E-state index contributed by atoms with van der Waals surface area (Å²) in [6.07, 6.45) is -1.03. The number of anilines is 2. The summed E-state index contributed by atoms with van der Waals surface area (Å²) in [6, 6.07) is 19.0. The molecule has 0 saturated carbocycles. The van der Waals surface area contributed by atoms with Gasteiger partial charge in [0.05, 0.1) is 35.1 Å². The van der Waals surface area contributed by atoms with Gasteiger partial charge in [0.25, 0.3) is 5.91 Å². The molecule has 0 unspecified atom stereocenters. The second kappa shape index (κ2) is 9.83. The zero-order chi connectivity index (χ0) is 25.4. The Hall–Kier alpha value is -3.56. The number of phenols is 1. The number of benzene rings is 3. The van der Waals surface area contributed by atoms with Gasteiger partial charge in [0.1, 0.15) is 11.7 Å². The van der Waals surface area contributed by atoms with Crippen molar-refractivity contribution < 1.29 is 29.0 Å². The van der Waals surface area contributed by atoms with Crippen molar-refractivity contribution in [3.8, 4) is 17.2 Å². The number of hydrogen-bond acceptors (Lipinski definition) is 7. The maximum atomic E-state index is 13.9. The van der Waals surface area contributed by atoms with E-state index in [1.807, 2.05) is 44.2 Å². The number of phenolic OH excluding ortho intramolecular Hbond substituents is 1. The Kier molecular flexibility index (Phi) is 6.59. The fraction of sp³-hybridized carbons (Fsp3) is 0.259. The van der Waals surface area contributed by atoms with Gasteiger partial charge >= 0.3 is 0 Å². The van der Waals surface area contributed by atoms with Crippen LogP contribution in [0.5, 0.6) is 17.2 Å². The van der Waals surface area contributed by atoms with Gasteiger partial charge in [-0.05, 0) is 71.7 Å². The fourth-order valence-corrected chi connectivity index (χ4v) is 5.20. The molecule has 0 aliphatic carbocycles. The number of hydrogen-bond donors (Lipinski definition) is 1. The number of para-hydroxylation sites is 3. The van der Waals surface area contributed by atoms with Gasteiger partial charge in [0.15, 0.2) is 17.6 Å². The molecule has 36 heavy (non-hydrogen) atoms. The molecule has 3 aromatic carbocycles. The minimum Gasteiger partial charge on any atom is -0.503 e. The lowest BCUT2D eigenvalue weighted by atomic mass is 9.90. The van der Waals surface area contributed by atoms with Gasteiger partial charge in [-0.1, -0.05) is 30.3 Å². The number of rotatable bonds is 7. The number of aromatic hydroxyl groups is 1. The number of ether oxygens (including phenoxy) is 2. The minimum atomic E-state index is -1.03. The van der Waals surface area contributed by atoms with Crippen molar-refractivity contribution in [2.75, 3.05) is 23.2 Å². The highest BCUT2D eigenvalue weighted by atomic mass is 79.9. The first-order valence-corrected chi connectivity index (χ1v) is 12.5. The molecule has 2 aliphatic rings. The Bertz CT molecular complexity index is 1300. The number of fused-ring (bicyclic) bond motifs is 1. The number of carbonyl (C=O) groups excluding carboxylic acids is 2. The molecule has 3 atom stereocenters. The molecule has 2 aliphatic heterocycles. The van der Waals surface area contributed by atoms with E-state index in [1.165, 1.54) is 0 Å². The molecule has 1 N–H and O–H groups in total. The zero-order valence-corrected chi connectivity index (χ0v) is 21.3. The molecular formula is C27H25BrN2O6. The molecule has 0 aromatic heterocycles. The average molecular weight is 553 g/mol. The van der Waals surface area contributed by atoms with Gasteiger partial charge in [-0.3, -0.25) is 14.4 Å². The smallest absolute Gasteiger partial charge is 0.266 e. The van der Waals surface area contributed by atoms with E-state index in [-0.39, 0.29) is 17.4 Å². The highest BCUT2D eigenvalue weighted by molar-refractivity contribution is 9.10. The van der Waals surface area contributed by atoms with Gasteiger partial charge in [-0.15, -0.1) is 0 Å². The predicted molar refractivity (Wildman–Crippen MR) is 137 cm³/mol. The highest BCUT2D eigenvalue weighted by Gasteiger charge is 2.60. The van der Waals surface area contributed by atoms with E-state index in [2.05, 4.69) is 15.9 Å². The van der Waals surface area contributed by atoms with Crippen molar-refractivity contribution in [3.05, 3.63) is 76.8 Å². The lowest BCUT2D eigenvalue weighted by Crippen LogP contribution is -2.37. The lowest BCUT2D eigenvalue weighted by Gasteiger charge is -2.29. The number of nitrogens with zero attached hydrogens (tertiary/aromatic N) is 2. The molecule has 8 nitrogen and oxygen atoms in total. The van der Waals surface area contributed by atoms with E-state index in [1.54, 1.807) is 41.5 Å².